The topological polar surface area (TPSA) is 77.4 Å². The van der Waals surface area contributed by atoms with E-state index < -0.39 is 16.2 Å². The first kappa shape index (κ1) is 26.8. The van der Waals surface area contributed by atoms with Crippen LogP contribution in [0.5, 0.6) is 0 Å². The van der Waals surface area contributed by atoms with Crippen LogP contribution in [0.15, 0.2) is 11.5 Å². The monoisotopic (exact) mass is 370 g/mol. The van der Waals surface area contributed by atoms with Crippen molar-refractivity contribution in [3.63, 3.8) is 0 Å². The smallest absolute Gasteiger partial charge is 0.744 e. The first-order valence-corrected chi connectivity index (χ1v) is 10.7. The molecule has 0 spiro atoms. The zero-order valence-corrected chi connectivity index (χ0v) is 18.5. The van der Waals surface area contributed by atoms with Crippen molar-refractivity contribution in [2.24, 2.45) is 0 Å². The van der Waals surface area contributed by atoms with Gasteiger partial charge in [-0.15, -0.1) is 0 Å². The molecule has 1 atom stereocenters. The van der Waals surface area contributed by atoms with Crippen molar-refractivity contribution in [3.8, 4) is 0 Å². The molecule has 0 aromatic carbocycles. The summed E-state index contributed by atoms with van der Waals surface area (Å²) in [5, 5.41) is 10.0. The predicted molar refractivity (Wildman–Crippen MR) is 95.2 cm³/mol. The van der Waals surface area contributed by atoms with Gasteiger partial charge in [0.2, 0.25) is 0 Å². The van der Waals surface area contributed by atoms with Gasteiger partial charge in [-0.3, -0.25) is 0 Å². The van der Waals surface area contributed by atoms with Gasteiger partial charge in [0, 0.05) is 5.41 Å². The summed E-state index contributed by atoms with van der Waals surface area (Å²) in [5.41, 5.74) is 0. The molecule has 4 nitrogen and oxygen atoms in total. The van der Waals surface area contributed by atoms with Crippen LogP contribution in [0.3, 0.4) is 0 Å². The summed E-state index contributed by atoms with van der Waals surface area (Å²) in [6, 6.07) is 0. The van der Waals surface area contributed by atoms with Gasteiger partial charge in [-0.2, -0.15) is 0 Å². The maximum Gasteiger partial charge on any atom is 1.00 e. The zero-order valence-electron chi connectivity index (χ0n) is 15.7. The van der Waals surface area contributed by atoms with E-state index in [1.807, 2.05) is 0 Å². The Morgan fingerprint density at radius 3 is 1.58 bits per heavy atom. The molecule has 0 rings (SSSR count). The third kappa shape index (κ3) is 22.6. The zero-order chi connectivity index (χ0) is 17.4. The minimum Gasteiger partial charge on any atom is -0.744 e. The molecule has 1 N–H and O–H groups in total. The van der Waals surface area contributed by atoms with Gasteiger partial charge >= 0.3 is 29.6 Å². The van der Waals surface area contributed by atoms with Gasteiger partial charge in [-0.1, -0.05) is 90.4 Å². The van der Waals surface area contributed by atoms with Crippen LogP contribution in [-0.4, -0.2) is 24.2 Å². The molecule has 0 aliphatic carbocycles. The summed E-state index contributed by atoms with van der Waals surface area (Å²) in [6.07, 6.45) is 17.2. The maximum atomic E-state index is 10.4. The van der Waals surface area contributed by atoms with E-state index >= 15 is 0 Å². The fourth-order valence-corrected chi connectivity index (χ4v) is 3.03. The first-order valence-electron chi connectivity index (χ1n) is 9.28. The molecular formula is C18H35NaO4S. The van der Waals surface area contributed by atoms with Crippen molar-refractivity contribution in [2.45, 2.75) is 103 Å². The van der Waals surface area contributed by atoms with Crippen molar-refractivity contribution in [3.05, 3.63) is 11.5 Å². The molecule has 0 radical (unpaired) electrons. The molecule has 0 saturated heterocycles. The van der Waals surface area contributed by atoms with Crippen LogP contribution >= 0.6 is 0 Å². The summed E-state index contributed by atoms with van der Waals surface area (Å²) in [7, 11) is -4.37. The molecule has 0 saturated carbocycles. The van der Waals surface area contributed by atoms with Crippen LogP contribution in [0.1, 0.15) is 96.8 Å². The van der Waals surface area contributed by atoms with Crippen molar-refractivity contribution in [2.75, 3.05) is 0 Å². The minimum atomic E-state index is -4.37. The Morgan fingerprint density at radius 2 is 1.21 bits per heavy atom. The molecule has 0 fully saturated rings. The molecule has 138 valence electrons. The Hall–Kier alpha value is 0.610. The van der Waals surface area contributed by atoms with Crippen LogP contribution < -0.4 is 29.6 Å². The van der Waals surface area contributed by atoms with Crippen molar-refractivity contribution >= 4 is 10.1 Å². The van der Waals surface area contributed by atoms with E-state index in [2.05, 4.69) is 6.92 Å². The van der Waals surface area contributed by atoms with Gasteiger partial charge in [0.1, 0.15) is 10.1 Å². The van der Waals surface area contributed by atoms with E-state index in [1.54, 1.807) is 0 Å². The van der Waals surface area contributed by atoms with Crippen LogP contribution in [0, 0.1) is 0 Å². The van der Waals surface area contributed by atoms with Gasteiger partial charge in [0.25, 0.3) is 0 Å². The Labute approximate surface area is 171 Å². The predicted octanol–water partition coefficient (Wildman–Crippen LogP) is 1.89. The molecule has 1 unspecified atom stereocenters. The molecule has 6 heteroatoms. The second-order valence-corrected chi connectivity index (χ2v) is 7.68. The van der Waals surface area contributed by atoms with E-state index in [0.717, 1.165) is 25.3 Å². The molecule has 0 amide bonds. The summed E-state index contributed by atoms with van der Waals surface area (Å²) in [5.74, 6) is 0. The van der Waals surface area contributed by atoms with Gasteiger partial charge in [-0.25, -0.2) is 8.42 Å². The number of hydrogen-bond donors (Lipinski definition) is 1. The molecular weight excluding hydrogens is 335 g/mol. The Morgan fingerprint density at radius 1 is 0.833 bits per heavy atom. The van der Waals surface area contributed by atoms with Crippen LogP contribution in [0.25, 0.3) is 0 Å². The molecule has 24 heavy (non-hydrogen) atoms. The Balaban J connectivity index is 0. The van der Waals surface area contributed by atoms with Gasteiger partial charge in [-0.05, 0) is 12.5 Å². The third-order valence-electron chi connectivity index (χ3n) is 4.07. The fraction of sp³-hybridized carbons (Fsp3) is 0.889. The molecule has 0 aromatic heterocycles. The van der Waals surface area contributed by atoms with E-state index in [9.17, 15) is 18.1 Å². The van der Waals surface area contributed by atoms with Gasteiger partial charge in [0.05, 0.1) is 6.10 Å². The average molecular weight is 371 g/mol. The second-order valence-electron chi connectivity index (χ2n) is 6.42. The fourth-order valence-electron chi connectivity index (χ4n) is 2.65. The Kier molecular flexibility index (Phi) is 20.6. The summed E-state index contributed by atoms with van der Waals surface area (Å²) >= 11 is 0. The number of rotatable bonds is 16. The minimum absolute atomic E-state index is 0. The standard InChI is InChI=1S/C18H36O4S.Na/c1-2-3-4-5-6-7-8-9-10-11-12-13-14-15-18(19)16-17-23(20,21)22;/h16-19H,2-15H2,1H3,(H,20,21,22);/q;+1/p-1. The molecule has 0 bridgehead atoms. The summed E-state index contributed by atoms with van der Waals surface area (Å²) < 4.78 is 31.1. The number of aliphatic hydroxyl groups is 1. The van der Waals surface area contributed by atoms with Crippen LogP contribution in [-0.2, 0) is 10.1 Å². The van der Waals surface area contributed by atoms with E-state index in [1.165, 1.54) is 64.2 Å². The second kappa shape index (κ2) is 18.4. The maximum absolute atomic E-state index is 10.4. The Bertz CT molecular complexity index is 382. The average Bonchev–Trinajstić information content (AvgIpc) is 2.49. The molecule has 0 aliphatic heterocycles. The number of hydrogen-bond acceptors (Lipinski definition) is 4. The normalized spacial score (nSPS) is 13.1. The van der Waals surface area contributed by atoms with E-state index in [4.69, 9.17) is 0 Å². The summed E-state index contributed by atoms with van der Waals surface area (Å²) in [6.45, 7) is 2.24. The van der Waals surface area contributed by atoms with Crippen molar-refractivity contribution < 1.29 is 47.6 Å². The van der Waals surface area contributed by atoms with Crippen molar-refractivity contribution in [1.82, 2.24) is 0 Å². The molecule has 0 aliphatic rings. The quantitative estimate of drug-likeness (QED) is 0.256. The molecule has 0 heterocycles. The largest absolute Gasteiger partial charge is 1.00 e. The van der Waals surface area contributed by atoms with E-state index in [-0.39, 0.29) is 29.6 Å². The number of unbranched alkanes of at least 4 members (excludes halogenated alkanes) is 12. The third-order valence-corrected chi connectivity index (χ3v) is 4.56. The van der Waals surface area contributed by atoms with Crippen LogP contribution in [0.2, 0.25) is 0 Å². The SMILES string of the molecule is CCCCCCCCCCCCCCCC(O)C=CS(=O)(=O)[O-].[Na+]. The van der Waals surface area contributed by atoms with Crippen LogP contribution in [0.4, 0.5) is 0 Å². The number of aliphatic hydroxyl groups excluding tert-OH is 1. The summed E-state index contributed by atoms with van der Waals surface area (Å²) in [4.78, 5) is 0. The first-order chi connectivity index (χ1) is 11.0. The molecule has 0 aromatic rings. The van der Waals surface area contributed by atoms with Gasteiger partial charge in [0.15, 0.2) is 0 Å². The van der Waals surface area contributed by atoms with E-state index in [0.29, 0.717) is 11.8 Å². The van der Waals surface area contributed by atoms with Gasteiger partial charge < -0.3 is 9.66 Å². The van der Waals surface area contributed by atoms with Crippen molar-refractivity contribution in [1.29, 1.82) is 0 Å².